The van der Waals surface area contributed by atoms with Crippen LogP contribution in [0.4, 0.5) is 11.8 Å². The van der Waals surface area contributed by atoms with E-state index in [0.717, 1.165) is 50.0 Å². The number of hydrogen-bond acceptors (Lipinski definition) is 7. The fourth-order valence-electron chi connectivity index (χ4n) is 8.13. The Hall–Kier alpha value is -2.69. The van der Waals surface area contributed by atoms with E-state index in [4.69, 9.17) is 4.98 Å². The molecule has 37 heavy (non-hydrogen) atoms. The fraction of sp³-hybridized carbons (Fsp3) is 0.633. The molecule has 7 rings (SSSR count). The molecule has 0 spiro atoms. The lowest BCUT2D eigenvalue weighted by molar-refractivity contribution is -0.0737. The Bertz CT molecular complexity index is 1140. The highest BCUT2D eigenvalue weighted by Crippen LogP contribution is 2.60. The van der Waals surface area contributed by atoms with Crippen LogP contribution in [0.1, 0.15) is 74.5 Å². The van der Waals surface area contributed by atoms with E-state index in [2.05, 4.69) is 46.1 Å². The maximum absolute atomic E-state index is 9.90. The molecule has 0 saturated heterocycles. The Balaban J connectivity index is 1.11. The van der Waals surface area contributed by atoms with Crippen molar-refractivity contribution in [2.45, 2.75) is 89.4 Å². The van der Waals surface area contributed by atoms with Crippen molar-refractivity contribution in [1.29, 1.82) is 5.26 Å². The van der Waals surface area contributed by atoms with Crippen LogP contribution in [0, 0.1) is 41.4 Å². The molecule has 5 saturated carbocycles. The van der Waals surface area contributed by atoms with Gasteiger partial charge < -0.3 is 21.1 Å². The zero-order valence-corrected chi connectivity index (χ0v) is 21.9. The molecule has 7 nitrogen and oxygen atoms in total. The van der Waals surface area contributed by atoms with Gasteiger partial charge in [-0.25, -0.2) is 4.98 Å². The summed E-state index contributed by atoms with van der Waals surface area (Å²) in [7, 11) is 0. The number of nitriles is 1. The Morgan fingerprint density at radius 1 is 1.05 bits per heavy atom. The summed E-state index contributed by atoms with van der Waals surface area (Å²) in [5.41, 5.74) is 3.25. The van der Waals surface area contributed by atoms with E-state index in [1.54, 1.807) is 6.20 Å². The van der Waals surface area contributed by atoms with Gasteiger partial charge in [-0.15, -0.1) is 0 Å². The Labute approximate surface area is 220 Å². The van der Waals surface area contributed by atoms with Crippen LogP contribution in [0.2, 0.25) is 0 Å². The van der Waals surface area contributed by atoms with Gasteiger partial charge in [0.15, 0.2) is 0 Å². The highest BCUT2D eigenvalue weighted by Gasteiger charge is 2.55. The molecule has 5 aliphatic rings. The van der Waals surface area contributed by atoms with Crippen molar-refractivity contribution in [3.05, 3.63) is 47.2 Å². The third-order valence-electron chi connectivity index (χ3n) is 9.76. The first-order chi connectivity index (χ1) is 18.0. The normalized spacial score (nSPS) is 34.2. The molecule has 0 amide bonds. The van der Waals surface area contributed by atoms with E-state index in [1.165, 1.54) is 43.2 Å². The standard InChI is InChI=1S/C30H40N6O/c1-19-4-2-3-5-21(19)16-32-29-33-17-24(15-31)28(36-29)34-18-30-12-20-10-22(13-30)27(23(11-20)14-30)35-25-6-8-26(37)9-7-25/h2-5,17,20,22-23,25-27,35,37H,6-14,16,18H2,1H3,(H2,32,33,34,36)/t20?,22-,23+,25?,26?,27-,30-. The van der Waals surface area contributed by atoms with E-state index in [0.29, 0.717) is 41.4 Å². The molecule has 0 aliphatic heterocycles. The molecular formula is C30H40N6O. The maximum atomic E-state index is 9.90. The lowest BCUT2D eigenvalue weighted by Crippen LogP contribution is -2.61. The quantitative estimate of drug-likeness (QED) is 0.414. The monoisotopic (exact) mass is 500 g/mol. The SMILES string of the molecule is Cc1ccccc1CNc1ncc(C#N)c(NC[C@]23CC4C[C@H](C2)[C@@H](NC2CCC(O)CC2)[C@@H](C4)C3)n1. The predicted molar refractivity (Wildman–Crippen MR) is 145 cm³/mol. The molecule has 4 N–H and O–H groups in total. The smallest absolute Gasteiger partial charge is 0.224 e. The molecule has 1 aromatic heterocycles. The largest absolute Gasteiger partial charge is 0.393 e. The molecule has 1 aromatic carbocycles. The third kappa shape index (κ3) is 5.19. The van der Waals surface area contributed by atoms with Crippen molar-refractivity contribution < 1.29 is 5.11 Å². The van der Waals surface area contributed by atoms with Crippen molar-refractivity contribution in [3.8, 4) is 6.07 Å². The van der Waals surface area contributed by atoms with Crippen LogP contribution >= 0.6 is 0 Å². The maximum Gasteiger partial charge on any atom is 0.224 e. The Kier molecular flexibility index (Phi) is 6.81. The number of aryl methyl sites for hydroxylation is 1. The number of nitrogens with zero attached hydrogens (tertiary/aromatic N) is 3. The van der Waals surface area contributed by atoms with Crippen LogP contribution in [0.5, 0.6) is 0 Å². The number of benzene rings is 1. The number of aliphatic hydroxyl groups excluding tert-OH is 1. The zero-order chi connectivity index (χ0) is 25.4. The average Bonchev–Trinajstić information content (AvgIpc) is 2.90. The molecular weight excluding hydrogens is 460 g/mol. The van der Waals surface area contributed by atoms with Crippen LogP contribution in [0.15, 0.2) is 30.5 Å². The first-order valence-corrected chi connectivity index (χ1v) is 14.2. The van der Waals surface area contributed by atoms with Crippen LogP contribution < -0.4 is 16.0 Å². The van der Waals surface area contributed by atoms with Crippen molar-refractivity contribution in [2.24, 2.45) is 23.2 Å². The van der Waals surface area contributed by atoms with Crippen molar-refractivity contribution in [2.75, 3.05) is 17.2 Å². The second-order valence-corrected chi connectivity index (χ2v) is 12.4. The molecule has 2 aromatic rings. The van der Waals surface area contributed by atoms with Crippen LogP contribution in [0.25, 0.3) is 0 Å². The minimum Gasteiger partial charge on any atom is -0.393 e. The van der Waals surface area contributed by atoms with Gasteiger partial charge in [0.05, 0.1) is 12.3 Å². The Morgan fingerprint density at radius 2 is 1.81 bits per heavy atom. The summed E-state index contributed by atoms with van der Waals surface area (Å²) in [5, 5.41) is 30.6. The number of rotatable bonds is 8. The molecule has 7 heteroatoms. The number of aliphatic hydroxyl groups is 1. The fourth-order valence-corrected chi connectivity index (χ4v) is 8.13. The summed E-state index contributed by atoms with van der Waals surface area (Å²) in [6.45, 7) is 3.64. The molecule has 5 aliphatic carbocycles. The van der Waals surface area contributed by atoms with Gasteiger partial charge in [-0.1, -0.05) is 24.3 Å². The zero-order valence-electron chi connectivity index (χ0n) is 21.9. The summed E-state index contributed by atoms with van der Waals surface area (Å²) in [6.07, 6.45) is 12.2. The minimum atomic E-state index is -0.0934. The molecule has 5 atom stereocenters. The lowest BCUT2D eigenvalue weighted by Gasteiger charge is -2.61. The molecule has 4 bridgehead atoms. The first kappa shape index (κ1) is 24.6. The summed E-state index contributed by atoms with van der Waals surface area (Å²) in [6, 6.07) is 11.8. The minimum absolute atomic E-state index is 0.0934. The number of anilines is 2. The summed E-state index contributed by atoms with van der Waals surface area (Å²) in [5.74, 6) is 3.52. The summed E-state index contributed by atoms with van der Waals surface area (Å²) < 4.78 is 0. The number of hydrogen-bond donors (Lipinski definition) is 4. The molecule has 5 fully saturated rings. The van der Waals surface area contributed by atoms with E-state index < -0.39 is 0 Å². The molecule has 0 radical (unpaired) electrons. The number of aromatic nitrogens is 2. The molecule has 196 valence electrons. The predicted octanol–water partition coefficient (Wildman–Crippen LogP) is 4.77. The van der Waals surface area contributed by atoms with E-state index in [9.17, 15) is 10.4 Å². The van der Waals surface area contributed by atoms with Gasteiger partial charge in [0.1, 0.15) is 17.5 Å². The highest BCUT2D eigenvalue weighted by atomic mass is 16.3. The van der Waals surface area contributed by atoms with Crippen molar-refractivity contribution >= 4 is 11.8 Å². The van der Waals surface area contributed by atoms with Crippen LogP contribution in [-0.2, 0) is 6.54 Å². The van der Waals surface area contributed by atoms with Crippen molar-refractivity contribution in [3.63, 3.8) is 0 Å². The highest BCUT2D eigenvalue weighted by molar-refractivity contribution is 5.53. The van der Waals surface area contributed by atoms with Crippen LogP contribution in [-0.4, -0.2) is 39.8 Å². The van der Waals surface area contributed by atoms with Gasteiger partial charge in [0.25, 0.3) is 0 Å². The van der Waals surface area contributed by atoms with E-state index in [1.807, 2.05) is 12.1 Å². The van der Waals surface area contributed by atoms with Gasteiger partial charge in [0, 0.05) is 25.2 Å². The van der Waals surface area contributed by atoms with Gasteiger partial charge in [0.2, 0.25) is 5.95 Å². The van der Waals surface area contributed by atoms with Crippen LogP contribution in [0.3, 0.4) is 0 Å². The summed E-state index contributed by atoms with van der Waals surface area (Å²) >= 11 is 0. The molecule has 1 heterocycles. The van der Waals surface area contributed by atoms with Crippen molar-refractivity contribution in [1.82, 2.24) is 15.3 Å². The summed E-state index contributed by atoms with van der Waals surface area (Å²) in [4.78, 5) is 9.11. The van der Waals surface area contributed by atoms with E-state index in [-0.39, 0.29) is 6.10 Å². The van der Waals surface area contributed by atoms with Gasteiger partial charge in [-0.2, -0.15) is 10.2 Å². The third-order valence-corrected chi connectivity index (χ3v) is 9.76. The number of nitrogens with one attached hydrogen (secondary N) is 3. The average molecular weight is 501 g/mol. The topological polar surface area (TPSA) is 106 Å². The second kappa shape index (κ2) is 10.2. The van der Waals surface area contributed by atoms with E-state index >= 15 is 0 Å². The lowest BCUT2D eigenvalue weighted by atomic mass is 9.47. The van der Waals surface area contributed by atoms with Gasteiger partial charge >= 0.3 is 0 Å². The Morgan fingerprint density at radius 3 is 2.54 bits per heavy atom. The first-order valence-electron chi connectivity index (χ1n) is 14.2. The second-order valence-electron chi connectivity index (χ2n) is 12.4. The van der Waals surface area contributed by atoms with Gasteiger partial charge in [-0.3, -0.25) is 0 Å². The van der Waals surface area contributed by atoms with Gasteiger partial charge in [-0.05, 0) is 99.0 Å². The molecule has 1 unspecified atom stereocenters.